The second-order valence-corrected chi connectivity index (χ2v) is 5.66. The number of anilines is 1. The molecule has 1 aliphatic rings. The lowest BCUT2D eigenvalue weighted by Gasteiger charge is -2.30. The van der Waals surface area contributed by atoms with E-state index in [1.165, 1.54) is 12.8 Å². The maximum Gasteiger partial charge on any atom is 0.245 e. The molecule has 21 heavy (non-hydrogen) atoms. The summed E-state index contributed by atoms with van der Waals surface area (Å²) in [6.07, 6.45) is 4.19. The van der Waals surface area contributed by atoms with E-state index >= 15 is 0 Å². The summed E-state index contributed by atoms with van der Waals surface area (Å²) in [5, 5.41) is 10.7. The van der Waals surface area contributed by atoms with E-state index in [0.29, 0.717) is 0 Å². The Hall–Kier alpha value is -1.95. The minimum atomic E-state index is 0.771. The van der Waals surface area contributed by atoms with Crippen LogP contribution in [0.2, 0.25) is 0 Å². The van der Waals surface area contributed by atoms with Gasteiger partial charge in [0.1, 0.15) is 0 Å². The number of aryl methyl sites for hydroxylation is 1. The highest BCUT2D eigenvalue weighted by Crippen LogP contribution is 2.22. The first kappa shape index (κ1) is 14.0. The quantitative estimate of drug-likeness (QED) is 0.893. The highest BCUT2D eigenvalue weighted by atomic mass is 15.4. The van der Waals surface area contributed by atoms with Gasteiger partial charge in [-0.3, -0.25) is 10.1 Å². The Labute approximate surface area is 125 Å². The Morgan fingerprint density at radius 3 is 2.90 bits per heavy atom. The molecular formula is C15H22N6. The van der Waals surface area contributed by atoms with E-state index in [0.717, 1.165) is 48.6 Å². The van der Waals surface area contributed by atoms with Gasteiger partial charge < -0.3 is 10.2 Å². The first-order valence-corrected chi connectivity index (χ1v) is 7.51. The lowest BCUT2D eigenvalue weighted by Crippen LogP contribution is -2.37. The summed E-state index contributed by atoms with van der Waals surface area (Å²) >= 11 is 0. The van der Waals surface area contributed by atoms with E-state index in [1.807, 2.05) is 26.1 Å². The van der Waals surface area contributed by atoms with Crippen LogP contribution in [0.1, 0.15) is 18.5 Å². The Balaban J connectivity index is 1.68. The van der Waals surface area contributed by atoms with Crippen molar-refractivity contribution in [2.75, 3.05) is 31.6 Å². The summed E-state index contributed by atoms with van der Waals surface area (Å²) in [6.45, 7) is 5.13. The third-order valence-corrected chi connectivity index (χ3v) is 4.03. The van der Waals surface area contributed by atoms with Gasteiger partial charge >= 0.3 is 0 Å². The average molecular weight is 286 g/mol. The number of aromatic amines is 1. The highest BCUT2D eigenvalue weighted by Gasteiger charge is 2.21. The largest absolute Gasteiger partial charge is 0.340 e. The Morgan fingerprint density at radius 2 is 2.19 bits per heavy atom. The maximum absolute atomic E-state index is 4.63. The van der Waals surface area contributed by atoms with E-state index in [4.69, 9.17) is 0 Å². The molecular weight excluding hydrogens is 264 g/mol. The molecule has 2 aromatic rings. The molecule has 0 spiro atoms. The second-order valence-electron chi connectivity index (χ2n) is 5.66. The van der Waals surface area contributed by atoms with E-state index in [9.17, 15) is 0 Å². The Kier molecular flexibility index (Phi) is 4.15. The number of piperidine rings is 1. The fourth-order valence-electron chi connectivity index (χ4n) is 2.84. The highest BCUT2D eigenvalue weighted by molar-refractivity contribution is 5.56. The molecule has 1 aliphatic heterocycles. The monoisotopic (exact) mass is 286 g/mol. The molecule has 0 aliphatic carbocycles. The maximum atomic E-state index is 4.63. The lowest BCUT2D eigenvalue weighted by molar-refractivity contribution is 0.391. The van der Waals surface area contributed by atoms with E-state index in [-0.39, 0.29) is 0 Å². The lowest BCUT2D eigenvalue weighted by atomic mass is 9.97. The first-order valence-electron chi connectivity index (χ1n) is 7.51. The molecule has 1 saturated heterocycles. The van der Waals surface area contributed by atoms with Gasteiger partial charge in [-0.15, -0.1) is 5.10 Å². The van der Waals surface area contributed by atoms with Crippen molar-refractivity contribution in [1.82, 2.24) is 25.5 Å². The predicted octanol–water partition coefficient (Wildman–Crippen LogP) is 1.61. The summed E-state index contributed by atoms with van der Waals surface area (Å²) in [7, 11) is 2.02. The zero-order valence-electron chi connectivity index (χ0n) is 12.6. The van der Waals surface area contributed by atoms with Gasteiger partial charge in [-0.05, 0) is 51.4 Å². The normalized spacial score (nSPS) is 16.4. The molecule has 0 bridgehead atoms. The number of pyridine rings is 1. The molecule has 1 fully saturated rings. The van der Waals surface area contributed by atoms with Crippen LogP contribution in [0.25, 0.3) is 11.4 Å². The molecule has 0 amide bonds. The fraction of sp³-hybridized carbons (Fsp3) is 0.533. The zero-order valence-corrected chi connectivity index (χ0v) is 12.6. The van der Waals surface area contributed by atoms with E-state index in [2.05, 4.69) is 30.4 Å². The fourth-order valence-corrected chi connectivity index (χ4v) is 2.84. The van der Waals surface area contributed by atoms with Crippen molar-refractivity contribution >= 4 is 5.95 Å². The first-order chi connectivity index (χ1) is 10.3. The second kappa shape index (κ2) is 6.22. The van der Waals surface area contributed by atoms with Crippen molar-refractivity contribution in [3.63, 3.8) is 0 Å². The van der Waals surface area contributed by atoms with Crippen molar-refractivity contribution in [1.29, 1.82) is 0 Å². The number of aromatic nitrogens is 4. The SMILES string of the molecule is CNCC1CCN(c2n[nH]c(-c3ccnc(C)c3)n2)CC1. The van der Waals surface area contributed by atoms with Crippen molar-refractivity contribution < 1.29 is 0 Å². The van der Waals surface area contributed by atoms with Crippen LogP contribution >= 0.6 is 0 Å². The summed E-state index contributed by atoms with van der Waals surface area (Å²) in [5.41, 5.74) is 2.02. The molecule has 3 heterocycles. The topological polar surface area (TPSA) is 69.7 Å². The molecule has 2 aromatic heterocycles. The summed E-state index contributed by atoms with van der Waals surface area (Å²) < 4.78 is 0. The smallest absolute Gasteiger partial charge is 0.245 e. The zero-order chi connectivity index (χ0) is 14.7. The molecule has 0 atom stereocenters. The number of nitrogens with zero attached hydrogens (tertiary/aromatic N) is 4. The van der Waals surface area contributed by atoms with E-state index < -0.39 is 0 Å². The van der Waals surface area contributed by atoms with Gasteiger partial charge in [0.2, 0.25) is 5.95 Å². The Bertz CT molecular complexity index is 585. The van der Waals surface area contributed by atoms with Crippen molar-refractivity contribution in [2.45, 2.75) is 19.8 Å². The molecule has 0 radical (unpaired) electrons. The average Bonchev–Trinajstić information content (AvgIpc) is 2.98. The van der Waals surface area contributed by atoms with E-state index in [1.54, 1.807) is 6.20 Å². The molecule has 112 valence electrons. The third kappa shape index (κ3) is 3.21. The minimum absolute atomic E-state index is 0.771. The van der Waals surface area contributed by atoms with Crippen LogP contribution in [0.5, 0.6) is 0 Å². The summed E-state index contributed by atoms with van der Waals surface area (Å²) in [6, 6.07) is 3.97. The molecule has 0 aromatic carbocycles. The number of H-pyrrole nitrogens is 1. The predicted molar refractivity (Wildman–Crippen MR) is 83.2 cm³/mol. The Morgan fingerprint density at radius 1 is 1.38 bits per heavy atom. The summed E-state index contributed by atoms with van der Waals surface area (Å²) in [4.78, 5) is 11.1. The van der Waals surface area contributed by atoms with Crippen LogP contribution < -0.4 is 10.2 Å². The van der Waals surface area contributed by atoms with Crippen LogP contribution in [0.4, 0.5) is 5.95 Å². The van der Waals surface area contributed by atoms with Crippen molar-refractivity contribution in [2.24, 2.45) is 5.92 Å². The number of hydrogen-bond donors (Lipinski definition) is 2. The van der Waals surface area contributed by atoms with Crippen LogP contribution in [0.3, 0.4) is 0 Å². The van der Waals surface area contributed by atoms with Gasteiger partial charge in [0.05, 0.1) is 0 Å². The van der Waals surface area contributed by atoms with Crippen LogP contribution in [0.15, 0.2) is 18.3 Å². The van der Waals surface area contributed by atoms with Crippen LogP contribution in [-0.4, -0.2) is 46.8 Å². The van der Waals surface area contributed by atoms with Gasteiger partial charge in [0.15, 0.2) is 5.82 Å². The summed E-state index contributed by atoms with van der Waals surface area (Å²) in [5.74, 6) is 2.39. The van der Waals surface area contributed by atoms with Gasteiger partial charge in [0.25, 0.3) is 0 Å². The number of hydrogen-bond acceptors (Lipinski definition) is 5. The minimum Gasteiger partial charge on any atom is -0.340 e. The third-order valence-electron chi connectivity index (χ3n) is 4.03. The molecule has 3 rings (SSSR count). The standard InChI is InChI=1S/C15H22N6/c1-11-9-13(3-6-17-11)14-18-15(20-19-14)21-7-4-12(5-8-21)10-16-2/h3,6,9,12,16H,4-5,7-8,10H2,1-2H3,(H,18,19,20). The van der Waals surface area contributed by atoms with Gasteiger partial charge in [-0.2, -0.15) is 4.98 Å². The van der Waals surface area contributed by atoms with Gasteiger partial charge in [-0.25, -0.2) is 0 Å². The van der Waals surface area contributed by atoms with Crippen LogP contribution in [-0.2, 0) is 0 Å². The van der Waals surface area contributed by atoms with Crippen molar-refractivity contribution in [3.05, 3.63) is 24.0 Å². The van der Waals surface area contributed by atoms with Crippen LogP contribution in [0, 0.1) is 12.8 Å². The van der Waals surface area contributed by atoms with Gasteiger partial charge in [-0.1, -0.05) is 0 Å². The molecule has 2 N–H and O–H groups in total. The molecule has 0 unspecified atom stereocenters. The van der Waals surface area contributed by atoms with Gasteiger partial charge in [0, 0.05) is 30.5 Å². The molecule has 6 heteroatoms. The number of nitrogens with one attached hydrogen (secondary N) is 2. The molecule has 0 saturated carbocycles. The molecule has 6 nitrogen and oxygen atoms in total. The number of rotatable bonds is 4. The van der Waals surface area contributed by atoms with Crippen molar-refractivity contribution in [3.8, 4) is 11.4 Å².